The molecule has 0 N–H and O–H groups in total. The zero-order valence-electron chi connectivity index (χ0n) is 12.6. The number of ketones is 2. The van der Waals surface area contributed by atoms with Crippen LogP contribution in [0.3, 0.4) is 0 Å². The van der Waals surface area contributed by atoms with E-state index in [4.69, 9.17) is 0 Å². The van der Waals surface area contributed by atoms with Gasteiger partial charge in [-0.1, -0.05) is 27.7 Å². The molecular weight excluding hydrogens is 264 g/mol. The molecule has 20 heavy (non-hydrogen) atoms. The van der Waals surface area contributed by atoms with Crippen LogP contribution in [-0.2, 0) is 28.7 Å². The van der Waals surface area contributed by atoms with Crippen molar-refractivity contribution >= 4 is 23.5 Å². The predicted molar refractivity (Wildman–Crippen MR) is 68.6 cm³/mol. The van der Waals surface area contributed by atoms with Crippen molar-refractivity contribution in [3.63, 3.8) is 0 Å². The van der Waals surface area contributed by atoms with E-state index in [2.05, 4.69) is 9.47 Å². The summed E-state index contributed by atoms with van der Waals surface area (Å²) in [7, 11) is 2.32. The van der Waals surface area contributed by atoms with E-state index in [0.717, 1.165) is 14.2 Å². The zero-order chi connectivity index (χ0) is 15.9. The number of ether oxygens (including phenoxy) is 2. The predicted octanol–water partition coefficient (Wildman–Crippen LogP) is 0.769. The number of esters is 2. The van der Waals surface area contributed by atoms with Gasteiger partial charge in [-0.3, -0.25) is 19.2 Å². The zero-order valence-corrected chi connectivity index (χ0v) is 12.6. The molecule has 0 aromatic rings. The summed E-state index contributed by atoms with van der Waals surface area (Å²) in [6.45, 7) is 5.89. The molecule has 6 nitrogen and oxygen atoms in total. The molecule has 0 aromatic heterocycles. The molecule has 1 saturated carbocycles. The van der Waals surface area contributed by atoms with Gasteiger partial charge >= 0.3 is 11.9 Å². The van der Waals surface area contributed by atoms with Gasteiger partial charge in [0, 0.05) is 10.8 Å². The van der Waals surface area contributed by atoms with Crippen LogP contribution in [0.1, 0.15) is 27.7 Å². The quantitative estimate of drug-likeness (QED) is 0.550. The summed E-state index contributed by atoms with van der Waals surface area (Å²) in [5.41, 5.74) is -2.61. The molecule has 2 atom stereocenters. The fraction of sp³-hybridized carbons (Fsp3) is 0.714. The first-order chi connectivity index (χ1) is 9.03. The lowest BCUT2D eigenvalue weighted by atomic mass is 9.54. The highest BCUT2D eigenvalue weighted by molar-refractivity contribution is 6.17. The van der Waals surface area contributed by atoms with Crippen molar-refractivity contribution in [1.82, 2.24) is 0 Å². The van der Waals surface area contributed by atoms with Crippen molar-refractivity contribution in [2.24, 2.45) is 22.7 Å². The Hall–Kier alpha value is -1.72. The molecule has 0 aliphatic heterocycles. The number of rotatable bonds is 2. The van der Waals surface area contributed by atoms with E-state index >= 15 is 0 Å². The van der Waals surface area contributed by atoms with E-state index in [0.29, 0.717) is 0 Å². The van der Waals surface area contributed by atoms with Gasteiger partial charge < -0.3 is 9.47 Å². The van der Waals surface area contributed by atoms with Crippen molar-refractivity contribution in [2.45, 2.75) is 27.7 Å². The van der Waals surface area contributed by atoms with Crippen LogP contribution in [0.15, 0.2) is 0 Å². The molecule has 0 amide bonds. The minimum atomic E-state index is -1.31. The van der Waals surface area contributed by atoms with Crippen molar-refractivity contribution in [2.75, 3.05) is 14.2 Å². The minimum Gasteiger partial charge on any atom is -0.468 e. The van der Waals surface area contributed by atoms with Gasteiger partial charge in [-0.25, -0.2) is 0 Å². The van der Waals surface area contributed by atoms with Crippen molar-refractivity contribution < 1.29 is 28.7 Å². The van der Waals surface area contributed by atoms with Gasteiger partial charge in [0.15, 0.2) is 11.6 Å². The van der Waals surface area contributed by atoms with E-state index in [1.807, 2.05) is 0 Å². The summed E-state index contributed by atoms with van der Waals surface area (Å²) in [6.07, 6.45) is 0. The van der Waals surface area contributed by atoms with E-state index in [9.17, 15) is 19.2 Å². The topological polar surface area (TPSA) is 86.7 Å². The fourth-order valence-electron chi connectivity index (χ4n) is 2.72. The minimum absolute atomic E-state index is 0.482. The van der Waals surface area contributed by atoms with Gasteiger partial charge in [-0.2, -0.15) is 0 Å². The molecule has 1 aliphatic rings. The third-order valence-corrected chi connectivity index (χ3v) is 4.11. The Morgan fingerprint density at radius 2 is 1.05 bits per heavy atom. The first-order valence-corrected chi connectivity index (χ1v) is 6.27. The normalized spacial score (nSPS) is 27.9. The highest BCUT2D eigenvalue weighted by atomic mass is 16.5. The highest BCUT2D eigenvalue weighted by Crippen LogP contribution is 2.48. The number of carbonyl (C=O) groups is 4. The summed E-state index contributed by atoms with van der Waals surface area (Å²) in [5.74, 6) is -4.91. The molecule has 0 aromatic carbocycles. The Morgan fingerprint density at radius 1 is 0.800 bits per heavy atom. The second-order valence-corrected chi connectivity index (χ2v) is 6.08. The van der Waals surface area contributed by atoms with Crippen LogP contribution in [0.5, 0.6) is 0 Å². The molecule has 1 fully saturated rings. The summed E-state index contributed by atoms with van der Waals surface area (Å²) < 4.78 is 9.26. The number of hydrogen-bond donors (Lipinski definition) is 0. The number of methoxy groups -OCH3 is 2. The van der Waals surface area contributed by atoms with Gasteiger partial charge in [0.2, 0.25) is 0 Å². The standard InChI is InChI=1S/C14H20O6/c1-13(2)7(11(17)19-5)10(16)14(3,4)8(9(13)15)12(18)20-6/h7-8H,1-6H3. The number of carbonyl (C=O) groups excluding carboxylic acids is 4. The average Bonchev–Trinajstić information content (AvgIpc) is 2.36. The van der Waals surface area contributed by atoms with Crippen LogP contribution in [-0.4, -0.2) is 37.7 Å². The smallest absolute Gasteiger partial charge is 0.317 e. The van der Waals surface area contributed by atoms with Crippen molar-refractivity contribution in [1.29, 1.82) is 0 Å². The third-order valence-electron chi connectivity index (χ3n) is 4.11. The number of Topliss-reactive ketones (excluding diaryl/α,β-unsaturated/α-hetero) is 2. The van der Waals surface area contributed by atoms with Gasteiger partial charge in [0.1, 0.15) is 11.8 Å². The fourth-order valence-corrected chi connectivity index (χ4v) is 2.72. The van der Waals surface area contributed by atoms with Crippen molar-refractivity contribution in [3.05, 3.63) is 0 Å². The Balaban J connectivity index is 3.43. The van der Waals surface area contributed by atoms with Gasteiger partial charge in [-0.05, 0) is 0 Å². The molecule has 0 saturated heterocycles. The second-order valence-electron chi connectivity index (χ2n) is 6.08. The van der Waals surface area contributed by atoms with E-state index in [-0.39, 0.29) is 0 Å². The average molecular weight is 284 g/mol. The van der Waals surface area contributed by atoms with Crippen LogP contribution in [0.4, 0.5) is 0 Å². The largest absolute Gasteiger partial charge is 0.468 e. The lowest BCUT2D eigenvalue weighted by Crippen LogP contribution is -2.61. The molecule has 1 aliphatic carbocycles. The van der Waals surface area contributed by atoms with Gasteiger partial charge in [0.05, 0.1) is 14.2 Å². The second kappa shape index (κ2) is 5.00. The molecule has 2 unspecified atom stereocenters. The lowest BCUT2D eigenvalue weighted by Gasteiger charge is -2.45. The molecule has 0 spiro atoms. The molecular formula is C14H20O6. The Morgan fingerprint density at radius 3 is 1.25 bits per heavy atom. The van der Waals surface area contributed by atoms with Gasteiger partial charge in [0.25, 0.3) is 0 Å². The first-order valence-electron chi connectivity index (χ1n) is 6.27. The SMILES string of the molecule is COC(=O)C1C(=O)C(C)(C)C(C(=O)OC)C(=O)C1(C)C. The van der Waals surface area contributed by atoms with Crippen LogP contribution >= 0.6 is 0 Å². The maximum absolute atomic E-state index is 12.6. The molecule has 112 valence electrons. The molecule has 0 radical (unpaired) electrons. The maximum atomic E-state index is 12.6. The summed E-state index contributed by atoms with van der Waals surface area (Å²) in [5, 5.41) is 0. The molecule has 0 bridgehead atoms. The van der Waals surface area contributed by atoms with Crippen molar-refractivity contribution in [3.8, 4) is 0 Å². The third kappa shape index (κ3) is 2.13. The molecule has 6 heteroatoms. The van der Waals surface area contributed by atoms with Crippen LogP contribution in [0.25, 0.3) is 0 Å². The Bertz CT molecular complexity index is 430. The highest BCUT2D eigenvalue weighted by Gasteiger charge is 2.63. The van der Waals surface area contributed by atoms with E-state index in [1.54, 1.807) is 0 Å². The Labute approximate surface area is 117 Å². The summed E-state index contributed by atoms with van der Waals surface area (Å²) in [6, 6.07) is 0. The summed E-state index contributed by atoms with van der Waals surface area (Å²) in [4.78, 5) is 48.9. The molecule has 0 heterocycles. The van der Waals surface area contributed by atoms with E-state index in [1.165, 1.54) is 27.7 Å². The maximum Gasteiger partial charge on any atom is 0.317 e. The monoisotopic (exact) mass is 284 g/mol. The van der Waals surface area contributed by atoms with Crippen LogP contribution in [0, 0.1) is 22.7 Å². The summed E-state index contributed by atoms with van der Waals surface area (Å²) >= 11 is 0. The molecule has 1 rings (SSSR count). The van der Waals surface area contributed by atoms with Crippen LogP contribution in [0.2, 0.25) is 0 Å². The van der Waals surface area contributed by atoms with Crippen LogP contribution < -0.4 is 0 Å². The first kappa shape index (κ1) is 16.3. The lowest BCUT2D eigenvalue weighted by molar-refractivity contribution is -0.177. The van der Waals surface area contributed by atoms with Gasteiger partial charge in [-0.15, -0.1) is 0 Å². The number of hydrogen-bond acceptors (Lipinski definition) is 6. The Kier molecular flexibility index (Phi) is 4.08. The van der Waals surface area contributed by atoms with E-state index < -0.39 is 46.2 Å².